The number of hydrogen-bond acceptors (Lipinski definition) is 2. The number of benzene rings is 1. The highest BCUT2D eigenvalue weighted by atomic mass is 35.5. The Bertz CT molecular complexity index is 500. The standard InChI is InChI=1S/C18H27ClN2O/c1-13(15-8-10-20-11-9-15)12-18(22)21(3)14(2)16-6-4-5-7-17(16)19/h4-7,13-15,20H,8-12H2,1-3H3. The van der Waals surface area contributed by atoms with E-state index in [1.807, 2.05) is 43.1 Å². The molecule has 0 spiro atoms. The summed E-state index contributed by atoms with van der Waals surface area (Å²) >= 11 is 6.25. The summed E-state index contributed by atoms with van der Waals surface area (Å²) in [5.74, 6) is 1.31. The van der Waals surface area contributed by atoms with Crippen LogP contribution in [0.2, 0.25) is 5.02 Å². The van der Waals surface area contributed by atoms with Crippen molar-refractivity contribution in [2.75, 3.05) is 20.1 Å². The number of hydrogen-bond donors (Lipinski definition) is 1. The van der Waals surface area contributed by atoms with E-state index in [9.17, 15) is 4.79 Å². The first-order chi connectivity index (χ1) is 10.5. The lowest BCUT2D eigenvalue weighted by Gasteiger charge is -2.31. The van der Waals surface area contributed by atoms with Crippen LogP contribution in [0.4, 0.5) is 0 Å². The van der Waals surface area contributed by atoms with Crippen LogP contribution in [-0.4, -0.2) is 30.9 Å². The van der Waals surface area contributed by atoms with Crippen molar-refractivity contribution in [1.82, 2.24) is 10.2 Å². The van der Waals surface area contributed by atoms with E-state index in [2.05, 4.69) is 12.2 Å². The fourth-order valence-corrected chi connectivity index (χ4v) is 3.53. The molecule has 1 fully saturated rings. The summed E-state index contributed by atoms with van der Waals surface area (Å²) in [5, 5.41) is 4.10. The smallest absolute Gasteiger partial charge is 0.223 e. The van der Waals surface area contributed by atoms with Crippen LogP contribution in [-0.2, 0) is 4.79 Å². The van der Waals surface area contributed by atoms with Gasteiger partial charge in [-0.1, -0.05) is 36.7 Å². The number of amides is 1. The Morgan fingerprint density at radius 2 is 1.95 bits per heavy atom. The molecule has 0 aromatic heterocycles. The topological polar surface area (TPSA) is 32.3 Å². The van der Waals surface area contributed by atoms with E-state index in [1.54, 1.807) is 0 Å². The van der Waals surface area contributed by atoms with Crippen LogP contribution < -0.4 is 5.32 Å². The quantitative estimate of drug-likeness (QED) is 0.892. The largest absolute Gasteiger partial charge is 0.339 e. The van der Waals surface area contributed by atoms with Gasteiger partial charge in [-0.3, -0.25) is 4.79 Å². The molecule has 1 heterocycles. The van der Waals surface area contributed by atoms with Gasteiger partial charge in [0.15, 0.2) is 0 Å². The molecule has 2 unspecified atom stereocenters. The highest BCUT2D eigenvalue weighted by molar-refractivity contribution is 6.31. The van der Waals surface area contributed by atoms with E-state index < -0.39 is 0 Å². The van der Waals surface area contributed by atoms with E-state index >= 15 is 0 Å². The Hall–Kier alpha value is -1.06. The zero-order chi connectivity index (χ0) is 16.1. The normalized spacial score (nSPS) is 18.7. The van der Waals surface area contributed by atoms with Gasteiger partial charge in [0.1, 0.15) is 0 Å². The molecule has 3 nitrogen and oxygen atoms in total. The number of halogens is 1. The van der Waals surface area contributed by atoms with Crippen molar-refractivity contribution in [3.63, 3.8) is 0 Å². The fraction of sp³-hybridized carbons (Fsp3) is 0.611. The summed E-state index contributed by atoms with van der Waals surface area (Å²) in [4.78, 5) is 14.4. The van der Waals surface area contributed by atoms with Gasteiger partial charge in [-0.25, -0.2) is 0 Å². The molecule has 0 bridgehead atoms. The second-order valence-electron chi connectivity index (χ2n) is 6.47. The van der Waals surface area contributed by atoms with Gasteiger partial charge in [-0.2, -0.15) is 0 Å². The predicted octanol–water partition coefficient (Wildman–Crippen LogP) is 3.89. The van der Waals surface area contributed by atoms with Crippen LogP contribution in [0, 0.1) is 11.8 Å². The average molecular weight is 323 g/mol. The molecule has 1 aliphatic heterocycles. The van der Waals surface area contributed by atoms with Gasteiger partial charge in [-0.15, -0.1) is 0 Å². The Morgan fingerprint density at radius 3 is 2.59 bits per heavy atom. The highest BCUT2D eigenvalue weighted by Gasteiger charge is 2.25. The molecule has 1 amide bonds. The lowest BCUT2D eigenvalue weighted by molar-refractivity contribution is -0.133. The lowest BCUT2D eigenvalue weighted by Crippen LogP contribution is -2.35. The van der Waals surface area contributed by atoms with Gasteiger partial charge in [0.25, 0.3) is 0 Å². The van der Waals surface area contributed by atoms with Gasteiger partial charge in [0, 0.05) is 18.5 Å². The van der Waals surface area contributed by atoms with Crippen molar-refractivity contribution in [2.24, 2.45) is 11.8 Å². The minimum atomic E-state index is 0.00132. The SMILES string of the molecule is CC(CC(=O)N(C)C(C)c1ccccc1Cl)C1CCNCC1. The minimum absolute atomic E-state index is 0.00132. The van der Waals surface area contributed by atoms with Crippen molar-refractivity contribution >= 4 is 17.5 Å². The van der Waals surface area contributed by atoms with Gasteiger partial charge in [0.2, 0.25) is 5.91 Å². The molecule has 1 aromatic carbocycles. The maximum Gasteiger partial charge on any atom is 0.223 e. The van der Waals surface area contributed by atoms with Crippen molar-refractivity contribution in [3.05, 3.63) is 34.9 Å². The molecule has 22 heavy (non-hydrogen) atoms. The molecule has 0 saturated carbocycles. The Balaban J connectivity index is 1.95. The van der Waals surface area contributed by atoms with Gasteiger partial charge in [0.05, 0.1) is 6.04 Å². The second kappa shape index (κ2) is 7.98. The summed E-state index contributed by atoms with van der Waals surface area (Å²) in [6, 6.07) is 7.75. The summed E-state index contributed by atoms with van der Waals surface area (Å²) in [6.45, 7) is 6.40. The summed E-state index contributed by atoms with van der Waals surface area (Å²) < 4.78 is 0. The number of nitrogens with one attached hydrogen (secondary N) is 1. The number of carbonyl (C=O) groups excluding carboxylic acids is 1. The number of nitrogens with zero attached hydrogens (tertiary/aromatic N) is 1. The number of rotatable bonds is 5. The van der Waals surface area contributed by atoms with E-state index in [0.717, 1.165) is 23.7 Å². The third kappa shape index (κ3) is 4.23. The van der Waals surface area contributed by atoms with E-state index in [1.165, 1.54) is 12.8 Å². The van der Waals surface area contributed by atoms with Crippen LogP contribution in [0.5, 0.6) is 0 Å². The molecular weight excluding hydrogens is 296 g/mol. The Kier molecular flexibility index (Phi) is 6.27. The van der Waals surface area contributed by atoms with Crippen LogP contribution in [0.3, 0.4) is 0 Å². The zero-order valence-electron chi connectivity index (χ0n) is 13.8. The first-order valence-electron chi connectivity index (χ1n) is 8.21. The molecule has 4 heteroatoms. The monoisotopic (exact) mass is 322 g/mol. The highest BCUT2D eigenvalue weighted by Crippen LogP contribution is 2.29. The molecule has 1 aromatic rings. The Morgan fingerprint density at radius 1 is 1.32 bits per heavy atom. The first kappa shape index (κ1) is 17.3. The molecule has 1 saturated heterocycles. The fourth-order valence-electron chi connectivity index (χ4n) is 3.24. The maximum absolute atomic E-state index is 12.6. The van der Waals surface area contributed by atoms with Crippen molar-refractivity contribution in [1.29, 1.82) is 0 Å². The van der Waals surface area contributed by atoms with E-state index in [-0.39, 0.29) is 11.9 Å². The first-order valence-corrected chi connectivity index (χ1v) is 8.59. The van der Waals surface area contributed by atoms with Crippen LogP contribution >= 0.6 is 11.6 Å². The third-order valence-electron chi connectivity index (χ3n) is 5.01. The summed E-state index contributed by atoms with van der Waals surface area (Å²) in [7, 11) is 1.88. The number of piperidine rings is 1. The molecular formula is C18H27ClN2O. The van der Waals surface area contributed by atoms with Gasteiger partial charge < -0.3 is 10.2 Å². The van der Waals surface area contributed by atoms with E-state index in [4.69, 9.17) is 11.6 Å². The zero-order valence-corrected chi connectivity index (χ0v) is 14.6. The lowest BCUT2D eigenvalue weighted by atomic mass is 9.84. The van der Waals surface area contributed by atoms with Gasteiger partial charge >= 0.3 is 0 Å². The number of carbonyl (C=O) groups is 1. The molecule has 1 aliphatic rings. The summed E-state index contributed by atoms with van der Waals surface area (Å²) in [6.07, 6.45) is 2.98. The van der Waals surface area contributed by atoms with Crippen molar-refractivity contribution < 1.29 is 4.79 Å². The van der Waals surface area contributed by atoms with Crippen LogP contribution in [0.25, 0.3) is 0 Å². The van der Waals surface area contributed by atoms with Gasteiger partial charge in [-0.05, 0) is 56.3 Å². The molecule has 2 rings (SSSR count). The second-order valence-corrected chi connectivity index (χ2v) is 6.88. The van der Waals surface area contributed by atoms with Crippen LogP contribution in [0.15, 0.2) is 24.3 Å². The summed E-state index contributed by atoms with van der Waals surface area (Å²) in [5.41, 5.74) is 1.01. The molecule has 2 atom stereocenters. The molecule has 1 N–H and O–H groups in total. The molecule has 122 valence electrons. The molecule has 0 aliphatic carbocycles. The third-order valence-corrected chi connectivity index (χ3v) is 5.36. The minimum Gasteiger partial charge on any atom is -0.339 e. The van der Waals surface area contributed by atoms with Crippen LogP contribution in [0.1, 0.15) is 44.7 Å². The van der Waals surface area contributed by atoms with Crippen molar-refractivity contribution in [3.8, 4) is 0 Å². The van der Waals surface area contributed by atoms with E-state index in [0.29, 0.717) is 18.3 Å². The van der Waals surface area contributed by atoms with Crippen molar-refractivity contribution in [2.45, 2.75) is 39.2 Å². The predicted molar refractivity (Wildman–Crippen MR) is 92.0 cm³/mol. The molecule has 0 radical (unpaired) electrons. The average Bonchev–Trinajstić information content (AvgIpc) is 2.54. The Labute approximate surface area is 139 Å². The maximum atomic E-state index is 12.6.